The maximum Gasteiger partial charge on any atom is 0.418 e. The van der Waals surface area contributed by atoms with Crippen molar-refractivity contribution in [2.75, 3.05) is 13.1 Å². The van der Waals surface area contributed by atoms with Crippen LogP contribution in [0.3, 0.4) is 0 Å². The molecule has 0 saturated heterocycles. The summed E-state index contributed by atoms with van der Waals surface area (Å²) in [5.41, 5.74) is -0.846. The number of ketones is 2. The molecular formula is C39H50F4N4O3S. The molecule has 1 aliphatic carbocycles. The molecule has 0 radical (unpaired) electrons. The first-order valence-electron chi connectivity index (χ1n) is 18.0. The zero-order chi connectivity index (χ0) is 37.5. The molecule has 3 aromatic rings. The highest BCUT2D eigenvalue weighted by Gasteiger charge is 2.46. The fraction of sp³-hybridized carbons (Fsp3) is 0.538. The van der Waals surface area contributed by atoms with E-state index in [9.17, 15) is 31.9 Å². The second-order valence-corrected chi connectivity index (χ2v) is 14.5. The number of hydrogen-bond acceptors (Lipinski definition) is 4. The zero-order valence-corrected chi connectivity index (χ0v) is 30.9. The quantitative estimate of drug-likeness (QED) is 0.0893. The molecule has 0 spiro atoms. The summed E-state index contributed by atoms with van der Waals surface area (Å²) >= 11 is 5.38. The zero-order valence-electron chi connectivity index (χ0n) is 30.1. The molecule has 7 nitrogen and oxygen atoms in total. The number of Topliss-reactive ketones (excluding diaryl/α,β-unsaturated/α-hetero) is 2. The van der Waals surface area contributed by atoms with Crippen LogP contribution in [0.15, 0.2) is 42.5 Å². The molecular weight excluding hydrogens is 681 g/mol. The molecule has 1 aromatic heterocycles. The van der Waals surface area contributed by atoms with E-state index in [-0.39, 0.29) is 78.9 Å². The number of nitrogens with one attached hydrogen (secondary N) is 4. The number of carbonyl (C=O) groups excluding carboxylic acids is 3. The molecule has 12 heteroatoms. The third-order valence-electron chi connectivity index (χ3n) is 10.7. The molecule has 4 N–H and O–H groups in total. The number of fused-ring (bicyclic) bond motifs is 3. The minimum Gasteiger partial charge on any atom is -0.363 e. The third-order valence-corrected chi connectivity index (χ3v) is 11.0. The second-order valence-electron chi connectivity index (χ2n) is 14.1. The summed E-state index contributed by atoms with van der Waals surface area (Å²) in [4.78, 5) is 45.4. The van der Waals surface area contributed by atoms with Crippen molar-refractivity contribution in [3.05, 3.63) is 70.7 Å². The Morgan fingerprint density at radius 3 is 2.31 bits per heavy atom. The van der Waals surface area contributed by atoms with Crippen LogP contribution in [0.25, 0.3) is 10.9 Å². The summed E-state index contributed by atoms with van der Waals surface area (Å²) in [7, 11) is 0. The van der Waals surface area contributed by atoms with E-state index < -0.39 is 34.9 Å². The number of H-pyrrole nitrogens is 1. The number of amides is 1. The number of para-hydroxylation sites is 1. The van der Waals surface area contributed by atoms with Gasteiger partial charge in [0.05, 0.1) is 11.1 Å². The fourth-order valence-corrected chi connectivity index (χ4v) is 7.37. The number of halogens is 4. The van der Waals surface area contributed by atoms with Gasteiger partial charge in [0, 0.05) is 55.8 Å². The van der Waals surface area contributed by atoms with E-state index in [0.29, 0.717) is 41.3 Å². The van der Waals surface area contributed by atoms with Crippen molar-refractivity contribution in [1.82, 2.24) is 20.9 Å². The van der Waals surface area contributed by atoms with Crippen LogP contribution in [-0.2, 0) is 39.8 Å². The van der Waals surface area contributed by atoms with Gasteiger partial charge in [0.15, 0.2) is 10.9 Å². The maximum atomic E-state index is 14.7. The van der Waals surface area contributed by atoms with E-state index in [4.69, 9.17) is 12.2 Å². The van der Waals surface area contributed by atoms with Crippen molar-refractivity contribution in [1.29, 1.82) is 0 Å². The van der Waals surface area contributed by atoms with E-state index in [2.05, 4.69) is 27.9 Å². The number of aromatic nitrogens is 1. The van der Waals surface area contributed by atoms with Crippen molar-refractivity contribution in [3.63, 3.8) is 0 Å². The number of rotatable bonds is 16. The fourth-order valence-electron chi connectivity index (χ4n) is 7.15. The van der Waals surface area contributed by atoms with Crippen molar-refractivity contribution in [2.45, 2.75) is 97.7 Å². The van der Waals surface area contributed by atoms with Crippen molar-refractivity contribution < 1.29 is 31.9 Å². The minimum atomic E-state index is -4.59. The molecule has 4 rings (SSSR count). The highest BCUT2D eigenvalue weighted by Crippen LogP contribution is 2.41. The van der Waals surface area contributed by atoms with Crippen LogP contribution in [0, 0.1) is 29.5 Å². The molecule has 1 heterocycles. The van der Waals surface area contributed by atoms with Gasteiger partial charge < -0.3 is 20.9 Å². The summed E-state index contributed by atoms with van der Waals surface area (Å²) < 4.78 is 56.5. The number of alkyl halides is 3. The van der Waals surface area contributed by atoms with Gasteiger partial charge in [-0.3, -0.25) is 14.4 Å². The van der Waals surface area contributed by atoms with Gasteiger partial charge in [-0.15, -0.1) is 0 Å². The van der Waals surface area contributed by atoms with Gasteiger partial charge in [0.2, 0.25) is 5.91 Å². The van der Waals surface area contributed by atoms with Gasteiger partial charge in [0.25, 0.3) is 0 Å². The molecule has 51 heavy (non-hydrogen) atoms. The summed E-state index contributed by atoms with van der Waals surface area (Å²) in [6.45, 7) is 10.8. The molecule has 5 atom stereocenters. The summed E-state index contributed by atoms with van der Waals surface area (Å²) in [5, 5.41) is 10.2. The van der Waals surface area contributed by atoms with Crippen molar-refractivity contribution in [3.8, 4) is 0 Å². The van der Waals surface area contributed by atoms with Crippen LogP contribution in [-0.4, -0.2) is 46.2 Å². The van der Waals surface area contributed by atoms with Crippen LogP contribution < -0.4 is 16.0 Å². The second kappa shape index (κ2) is 17.1. The lowest BCUT2D eigenvalue weighted by molar-refractivity contribution is -0.137. The smallest absolute Gasteiger partial charge is 0.363 e. The lowest BCUT2D eigenvalue weighted by atomic mass is 9.72. The highest BCUT2D eigenvalue weighted by atomic mass is 32.1. The molecule has 0 bridgehead atoms. The van der Waals surface area contributed by atoms with Crippen LogP contribution in [0.1, 0.15) is 89.1 Å². The van der Waals surface area contributed by atoms with Gasteiger partial charge in [-0.25, -0.2) is 4.39 Å². The Bertz CT molecular complexity index is 1720. The Hall–Kier alpha value is -3.80. The Labute approximate surface area is 303 Å². The van der Waals surface area contributed by atoms with E-state index >= 15 is 0 Å². The molecule has 1 amide bonds. The summed E-state index contributed by atoms with van der Waals surface area (Å²) in [5.74, 6) is -2.57. The lowest BCUT2D eigenvalue weighted by Gasteiger charge is -2.40. The minimum absolute atomic E-state index is 0.00106. The monoisotopic (exact) mass is 730 g/mol. The number of aryl methyl sites for hydroxylation is 1. The van der Waals surface area contributed by atoms with E-state index in [1.54, 1.807) is 18.2 Å². The Morgan fingerprint density at radius 1 is 0.961 bits per heavy atom. The van der Waals surface area contributed by atoms with E-state index in [1.807, 2.05) is 27.7 Å². The van der Waals surface area contributed by atoms with Gasteiger partial charge >= 0.3 is 6.18 Å². The van der Waals surface area contributed by atoms with Gasteiger partial charge in [-0.1, -0.05) is 70.9 Å². The molecule has 0 fully saturated rings. The normalized spacial score (nSPS) is 18.3. The van der Waals surface area contributed by atoms with Gasteiger partial charge in [-0.2, -0.15) is 13.2 Å². The lowest BCUT2D eigenvalue weighted by Crippen LogP contribution is -2.60. The number of carbonyl (C=O) groups is 3. The Kier molecular flexibility index (Phi) is 13.4. The largest absolute Gasteiger partial charge is 0.418 e. The molecule has 2 aromatic carbocycles. The van der Waals surface area contributed by atoms with Crippen LogP contribution in [0.4, 0.5) is 17.6 Å². The highest BCUT2D eigenvalue weighted by molar-refractivity contribution is 7.80. The number of benzene rings is 2. The number of thiocarbonyl (C=S) groups is 1. The summed E-state index contributed by atoms with van der Waals surface area (Å²) in [6, 6.07) is 10.0. The topological polar surface area (TPSA) is 103 Å². The number of hydrogen-bond donors (Lipinski definition) is 4. The Balaban J connectivity index is 1.71. The first-order valence-corrected chi connectivity index (χ1v) is 18.4. The standard InChI is InChI=1S/C39H50F4N4O3S/c1-6-23(4)26(22-45-37(51)44-8-3)19-34(49)38(17-16-33-30(21-38)28-13-11-14-31(35(28)46-33)39(41,42)43)47-36(50)29(24(5)7-2)20-27(48)18-25-12-9-10-15-32(25)40/h9-15,23-24,26,29,46H,6-8,16-22H2,1-5H3,(H,47,50)(H2,44,45,51)/t23?,24?,26-,29+,38-/m1/s1. The number of aromatic amines is 1. The van der Waals surface area contributed by atoms with Crippen molar-refractivity contribution >= 4 is 45.7 Å². The van der Waals surface area contributed by atoms with Crippen LogP contribution >= 0.6 is 12.2 Å². The average Bonchev–Trinajstić information content (AvgIpc) is 3.46. The average molecular weight is 731 g/mol. The molecule has 278 valence electrons. The van der Waals surface area contributed by atoms with E-state index in [0.717, 1.165) is 12.5 Å². The van der Waals surface area contributed by atoms with Gasteiger partial charge in [0.1, 0.15) is 17.1 Å². The summed E-state index contributed by atoms with van der Waals surface area (Å²) in [6.07, 6.45) is -3.02. The molecule has 2 unspecified atom stereocenters. The predicted molar refractivity (Wildman–Crippen MR) is 196 cm³/mol. The third kappa shape index (κ3) is 9.55. The first-order chi connectivity index (χ1) is 24.1. The first kappa shape index (κ1) is 40.0. The molecule has 1 aliphatic rings. The SMILES string of the molecule is CCNC(=S)NC[C@@H](CC(=O)[C@@]1(NC(=O)[C@@H](CC(=O)Cc2ccccc2F)C(C)CC)CCc2[nH]c3c(C(F)(F)F)cccc3c2C1)C(C)CC. The van der Waals surface area contributed by atoms with E-state index in [1.165, 1.54) is 18.2 Å². The van der Waals surface area contributed by atoms with Crippen LogP contribution in [0.2, 0.25) is 0 Å². The molecule has 0 saturated carbocycles. The van der Waals surface area contributed by atoms with Gasteiger partial charge in [-0.05, 0) is 73.0 Å². The maximum absolute atomic E-state index is 14.7. The van der Waals surface area contributed by atoms with Crippen molar-refractivity contribution in [2.24, 2.45) is 23.7 Å². The Morgan fingerprint density at radius 2 is 1.67 bits per heavy atom. The predicted octanol–water partition coefficient (Wildman–Crippen LogP) is 7.64. The molecule has 0 aliphatic heterocycles. The van der Waals surface area contributed by atoms with Crippen LogP contribution in [0.5, 0.6) is 0 Å².